The molecule has 0 unspecified atom stereocenters. The summed E-state index contributed by atoms with van der Waals surface area (Å²) in [7, 11) is 0. The third-order valence-corrected chi connectivity index (χ3v) is 10.7. The Hall–Kier alpha value is -7.56. The highest BCUT2D eigenvalue weighted by molar-refractivity contribution is 6.21. The van der Waals surface area contributed by atoms with E-state index >= 15 is 0 Å². The van der Waals surface area contributed by atoms with Gasteiger partial charge in [0.2, 0.25) is 0 Å². The minimum absolute atomic E-state index is 0.646. The lowest BCUT2D eigenvalue weighted by Crippen LogP contribution is -1.97. The summed E-state index contributed by atoms with van der Waals surface area (Å²) in [6.07, 6.45) is 0. The van der Waals surface area contributed by atoms with Gasteiger partial charge < -0.3 is 8.83 Å². The Morgan fingerprint density at radius 2 is 0.804 bits per heavy atom. The van der Waals surface area contributed by atoms with Gasteiger partial charge in [0.25, 0.3) is 0 Å². The second-order valence-electron chi connectivity index (χ2n) is 14.1. The maximum Gasteiger partial charge on any atom is 0.160 e. The quantitative estimate of drug-likeness (QED) is 0.172. The highest BCUT2D eigenvalue weighted by Crippen LogP contribution is 2.45. The van der Waals surface area contributed by atoms with Gasteiger partial charge in [-0.05, 0) is 81.9 Å². The minimum atomic E-state index is 0.646. The third-order valence-electron chi connectivity index (χ3n) is 10.7. The van der Waals surface area contributed by atoms with Crippen molar-refractivity contribution in [1.82, 2.24) is 9.97 Å². The van der Waals surface area contributed by atoms with Crippen LogP contribution in [0.2, 0.25) is 0 Å². The molecule has 0 N–H and O–H groups in total. The molecule has 0 radical (unpaired) electrons. The van der Waals surface area contributed by atoms with E-state index in [9.17, 15) is 0 Å². The molecule has 3 heterocycles. The average molecular weight is 717 g/mol. The molecule has 4 heteroatoms. The molecule has 0 spiro atoms. The van der Waals surface area contributed by atoms with Gasteiger partial charge in [-0.15, -0.1) is 0 Å². The van der Waals surface area contributed by atoms with Crippen molar-refractivity contribution in [1.29, 1.82) is 0 Å². The van der Waals surface area contributed by atoms with Crippen molar-refractivity contribution < 1.29 is 8.83 Å². The van der Waals surface area contributed by atoms with Crippen LogP contribution in [0.15, 0.2) is 203 Å². The van der Waals surface area contributed by atoms with Crippen LogP contribution in [-0.4, -0.2) is 9.97 Å². The summed E-state index contributed by atoms with van der Waals surface area (Å²) >= 11 is 0. The zero-order valence-corrected chi connectivity index (χ0v) is 30.2. The second-order valence-corrected chi connectivity index (χ2v) is 14.1. The van der Waals surface area contributed by atoms with E-state index in [1.165, 1.54) is 0 Å². The molecule has 56 heavy (non-hydrogen) atoms. The standard InChI is InChI=1S/C52H32N2O2/c1-4-15-33(16-5-1)36-29-37(34-17-6-2-7-18-34)31-38(30-36)44-32-45(54-52(53-44)35-19-8-3-9-20-35)41-28-27-40(50-43-22-11-13-25-47(43)56-51(41)50)39-23-14-26-48-49(39)42-21-10-12-24-46(42)55-48/h1-32H. The molecule has 0 aliphatic rings. The normalized spacial score (nSPS) is 11.6. The van der Waals surface area contributed by atoms with Gasteiger partial charge in [0.1, 0.15) is 22.3 Å². The monoisotopic (exact) mass is 716 g/mol. The molecule has 262 valence electrons. The van der Waals surface area contributed by atoms with Gasteiger partial charge in [0, 0.05) is 38.2 Å². The molecule has 0 saturated heterocycles. The summed E-state index contributed by atoms with van der Waals surface area (Å²) in [5, 5.41) is 4.26. The number of fused-ring (bicyclic) bond motifs is 6. The molecule has 11 aromatic rings. The van der Waals surface area contributed by atoms with Crippen LogP contribution in [0.25, 0.3) is 111 Å². The van der Waals surface area contributed by atoms with E-state index in [-0.39, 0.29) is 0 Å². The van der Waals surface area contributed by atoms with E-state index in [2.05, 4.69) is 146 Å². The van der Waals surface area contributed by atoms with Gasteiger partial charge >= 0.3 is 0 Å². The van der Waals surface area contributed by atoms with Gasteiger partial charge in [-0.1, -0.05) is 146 Å². The van der Waals surface area contributed by atoms with Crippen LogP contribution >= 0.6 is 0 Å². The Morgan fingerprint density at radius 3 is 1.48 bits per heavy atom. The van der Waals surface area contributed by atoms with Crippen molar-refractivity contribution in [2.24, 2.45) is 0 Å². The predicted octanol–water partition coefficient (Wildman–Crippen LogP) is 14.3. The van der Waals surface area contributed by atoms with Crippen molar-refractivity contribution in [2.45, 2.75) is 0 Å². The van der Waals surface area contributed by atoms with Gasteiger partial charge in [-0.25, -0.2) is 9.97 Å². The summed E-state index contributed by atoms with van der Waals surface area (Å²) in [5.41, 5.74) is 14.5. The van der Waals surface area contributed by atoms with E-state index in [4.69, 9.17) is 18.8 Å². The van der Waals surface area contributed by atoms with Gasteiger partial charge in [-0.3, -0.25) is 0 Å². The Balaban J connectivity index is 1.17. The average Bonchev–Trinajstić information content (AvgIpc) is 3.86. The zero-order chi connectivity index (χ0) is 37.0. The summed E-state index contributed by atoms with van der Waals surface area (Å²) in [4.78, 5) is 10.5. The molecule has 3 aromatic heterocycles. The maximum absolute atomic E-state index is 6.84. The molecular formula is C52H32N2O2. The van der Waals surface area contributed by atoms with Crippen molar-refractivity contribution >= 4 is 43.9 Å². The molecule has 0 atom stereocenters. The molecular weight excluding hydrogens is 685 g/mol. The number of rotatable bonds is 6. The number of hydrogen-bond donors (Lipinski definition) is 0. The van der Waals surface area contributed by atoms with Crippen molar-refractivity contribution in [2.75, 3.05) is 0 Å². The summed E-state index contributed by atoms with van der Waals surface area (Å²) < 4.78 is 13.2. The van der Waals surface area contributed by atoms with Crippen LogP contribution in [0.3, 0.4) is 0 Å². The molecule has 4 nitrogen and oxygen atoms in total. The Morgan fingerprint density at radius 1 is 0.304 bits per heavy atom. The number of nitrogens with zero attached hydrogens (tertiary/aromatic N) is 2. The molecule has 0 amide bonds. The molecule has 11 rings (SSSR count). The second kappa shape index (κ2) is 13.1. The molecule has 0 bridgehead atoms. The molecule has 8 aromatic carbocycles. The summed E-state index contributed by atoms with van der Waals surface area (Å²) in [6.45, 7) is 0. The zero-order valence-electron chi connectivity index (χ0n) is 30.2. The lowest BCUT2D eigenvalue weighted by atomic mass is 9.92. The lowest BCUT2D eigenvalue weighted by molar-refractivity contribution is 0.668. The number of para-hydroxylation sites is 2. The van der Waals surface area contributed by atoms with Crippen LogP contribution in [0.5, 0.6) is 0 Å². The molecule has 0 aliphatic carbocycles. The summed E-state index contributed by atoms with van der Waals surface area (Å²) in [6, 6.07) is 67.3. The van der Waals surface area contributed by atoms with E-state index in [0.717, 1.165) is 105 Å². The minimum Gasteiger partial charge on any atom is -0.456 e. The van der Waals surface area contributed by atoms with E-state index < -0.39 is 0 Å². The van der Waals surface area contributed by atoms with Crippen LogP contribution in [-0.2, 0) is 0 Å². The SMILES string of the molecule is c1ccc(-c2cc(-c3ccccc3)cc(-c3cc(-c4ccc(-c5cccc6oc7ccccc7c56)c5c4oc4ccccc45)nc(-c4ccccc4)n3)c2)cc1. The lowest BCUT2D eigenvalue weighted by Gasteiger charge is -2.14. The van der Waals surface area contributed by atoms with Crippen molar-refractivity contribution in [3.05, 3.63) is 194 Å². The first-order chi connectivity index (χ1) is 27.7. The largest absolute Gasteiger partial charge is 0.456 e. The number of furan rings is 2. The topological polar surface area (TPSA) is 52.1 Å². The fourth-order valence-corrected chi connectivity index (χ4v) is 8.07. The van der Waals surface area contributed by atoms with Gasteiger partial charge in [0.05, 0.1) is 11.4 Å². The van der Waals surface area contributed by atoms with Crippen LogP contribution in [0, 0.1) is 0 Å². The number of benzene rings is 8. The van der Waals surface area contributed by atoms with E-state index in [1.54, 1.807) is 0 Å². The third kappa shape index (κ3) is 5.39. The van der Waals surface area contributed by atoms with E-state index in [1.807, 2.05) is 48.5 Å². The Bertz CT molecular complexity index is 3180. The smallest absolute Gasteiger partial charge is 0.160 e. The fraction of sp³-hybridized carbons (Fsp3) is 0. The highest BCUT2D eigenvalue weighted by Gasteiger charge is 2.22. The Labute approximate surface area is 323 Å². The molecule has 0 aliphatic heterocycles. The fourth-order valence-electron chi connectivity index (χ4n) is 8.07. The first-order valence-electron chi connectivity index (χ1n) is 18.8. The van der Waals surface area contributed by atoms with Gasteiger partial charge in [0.15, 0.2) is 5.82 Å². The van der Waals surface area contributed by atoms with Crippen molar-refractivity contribution in [3.63, 3.8) is 0 Å². The van der Waals surface area contributed by atoms with E-state index in [0.29, 0.717) is 5.82 Å². The Kier molecular flexibility index (Phi) is 7.46. The van der Waals surface area contributed by atoms with Crippen molar-refractivity contribution in [3.8, 4) is 67.3 Å². The van der Waals surface area contributed by atoms with Crippen LogP contribution in [0.1, 0.15) is 0 Å². The molecule has 0 saturated carbocycles. The predicted molar refractivity (Wildman–Crippen MR) is 229 cm³/mol. The number of aromatic nitrogens is 2. The molecule has 0 fully saturated rings. The van der Waals surface area contributed by atoms with Gasteiger partial charge in [-0.2, -0.15) is 0 Å². The number of hydrogen-bond acceptors (Lipinski definition) is 4. The highest BCUT2D eigenvalue weighted by atomic mass is 16.3. The summed E-state index contributed by atoms with van der Waals surface area (Å²) in [5.74, 6) is 0.646. The van der Waals surface area contributed by atoms with Crippen LogP contribution < -0.4 is 0 Å². The first-order valence-corrected chi connectivity index (χ1v) is 18.8. The maximum atomic E-state index is 6.84. The van der Waals surface area contributed by atoms with Crippen LogP contribution in [0.4, 0.5) is 0 Å². The first kappa shape index (κ1) is 31.9.